The Balaban J connectivity index is 3.31. The Morgan fingerprint density at radius 1 is 1.42 bits per heavy atom. The van der Waals surface area contributed by atoms with Gasteiger partial charge >= 0.3 is 5.97 Å². The van der Waals surface area contributed by atoms with Crippen LogP contribution in [0.3, 0.4) is 0 Å². The molecule has 106 valence electrons. The number of hydrogen-bond acceptors (Lipinski definition) is 4. The number of aromatic carboxylic acids is 1. The van der Waals surface area contributed by atoms with Gasteiger partial charge in [-0.3, -0.25) is 0 Å². The van der Waals surface area contributed by atoms with Crippen molar-refractivity contribution < 1.29 is 22.7 Å². The van der Waals surface area contributed by atoms with Gasteiger partial charge in [0.15, 0.2) is 15.7 Å². The molecule has 19 heavy (non-hydrogen) atoms. The summed E-state index contributed by atoms with van der Waals surface area (Å²) in [5.41, 5.74) is -0.754. The van der Waals surface area contributed by atoms with Crippen LogP contribution < -0.4 is 0 Å². The van der Waals surface area contributed by atoms with Crippen molar-refractivity contribution in [1.82, 2.24) is 4.90 Å². The minimum absolute atomic E-state index is 0.137. The van der Waals surface area contributed by atoms with Crippen LogP contribution in [0.1, 0.15) is 10.4 Å². The van der Waals surface area contributed by atoms with Gasteiger partial charge in [0.1, 0.15) is 4.90 Å². The lowest BCUT2D eigenvalue weighted by Crippen LogP contribution is -2.23. The molecule has 5 nitrogen and oxygen atoms in total. The number of nitrogens with zero attached hydrogens (tertiary/aromatic N) is 1. The van der Waals surface area contributed by atoms with Gasteiger partial charge < -0.3 is 10.0 Å². The predicted molar refractivity (Wildman–Crippen MR) is 69.0 cm³/mol. The topological polar surface area (TPSA) is 74.7 Å². The molecule has 0 saturated carbocycles. The smallest absolute Gasteiger partial charge is 0.338 e. The Morgan fingerprint density at radius 2 is 2.00 bits per heavy atom. The second kappa shape index (κ2) is 5.85. The quantitative estimate of drug-likeness (QED) is 0.892. The number of halogens is 2. The highest BCUT2D eigenvalue weighted by Crippen LogP contribution is 2.24. The van der Waals surface area contributed by atoms with Gasteiger partial charge in [-0.25, -0.2) is 17.6 Å². The van der Waals surface area contributed by atoms with Gasteiger partial charge in [0.05, 0.1) is 11.3 Å². The minimum Gasteiger partial charge on any atom is -0.478 e. The first-order valence-corrected chi connectivity index (χ1v) is 7.28. The molecule has 0 atom stereocenters. The van der Waals surface area contributed by atoms with Crippen molar-refractivity contribution >= 4 is 27.4 Å². The third-order valence-electron chi connectivity index (χ3n) is 2.38. The van der Waals surface area contributed by atoms with E-state index in [1.807, 2.05) is 0 Å². The van der Waals surface area contributed by atoms with Crippen molar-refractivity contribution in [1.29, 1.82) is 0 Å². The molecule has 1 N–H and O–H groups in total. The molecule has 0 fully saturated rings. The van der Waals surface area contributed by atoms with Crippen molar-refractivity contribution in [3.8, 4) is 0 Å². The molecule has 0 bridgehead atoms. The number of carboxylic acids is 1. The molecule has 1 aromatic carbocycles. The summed E-state index contributed by atoms with van der Waals surface area (Å²) in [5.74, 6) is -3.17. The van der Waals surface area contributed by atoms with Crippen molar-refractivity contribution in [3.05, 3.63) is 28.5 Å². The van der Waals surface area contributed by atoms with Crippen LogP contribution in [0.25, 0.3) is 0 Å². The Hall–Kier alpha value is -1.18. The zero-order valence-corrected chi connectivity index (χ0v) is 11.9. The summed E-state index contributed by atoms with van der Waals surface area (Å²) in [6.45, 7) is 0.191. The summed E-state index contributed by atoms with van der Waals surface area (Å²) in [5, 5.41) is 8.66. The highest BCUT2D eigenvalue weighted by Gasteiger charge is 2.25. The van der Waals surface area contributed by atoms with Gasteiger partial charge in [-0.15, -0.1) is 0 Å². The van der Waals surface area contributed by atoms with E-state index in [4.69, 9.17) is 16.7 Å². The van der Waals surface area contributed by atoms with Gasteiger partial charge in [-0.05, 0) is 26.2 Å². The first-order chi connectivity index (χ1) is 8.65. The molecule has 0 aliphatic carbocycles. The molecule has 0 aliphatic rings. The fourth-order valence-corrected chi connectivity index (χ4v) is 3.16. The van der Waals surface area contributed by atoms with Crippen LogP contribution in [0, 0.1) is 5.82 Å². The predicted octanol–water partition coefficient (Wildman–Crippen LogP) is 1.51. The molecule has 1 rings (SSSR count). The average molecular weight is 310 g/mol. The van der Waals surface area contributed by atoms with Crippen molar-refractivity contribution in [2.24, 2.45) is 0 Å². The lowest BCUT2D eigenvalue weighted by Gasteiger charge is -2.11. The van der Waals surface area contributed by atoms with E-state index in [9.17, 15) is 17.6 Å². The van der Waals surface area contributed by atoms with Gasteiger partial charge in [0, 0.05) is 11.6 Å². The second-order valence-corrected chi connectivity index (χ2v) is 6.71. The highest BCUT2D eigenvalue weighted by atomic mass is 35.5. The molecule has 0 aliphatic heterocycles. The number of carboxylic acid groups (broad SMARTS) is 1. The summed E-state index contributed by atoms with van der Waals surface area (Å²) < 4.78 is 37.8. The molecule has 0 saturated heterocycles. The van der Waals surface area contributed by atoms with Crippen LogP contribution in [-0.4, -0.2) is 50.8 Å². The van der Waals surface area contributed by atoms with Crippen molar-refractivity contribution in [2.75, 3.05) is 26.4 Å². The van der Waals surface area contributed by atoms with E-state index >= 15 is 0 Å². The van der Waals surface area contributed by atoms with E-state index in [2.05, 4.69) is 0 Å². The molecular weight excluding hydrogens is 297 g/mol. The largest absolute Gasteiger partial charge is 0.478 e. The maximum Gasteiger partial charge on any atom is 0.338 e. The molecule has 1 aromatic rings. The van der Waals surface area contributed by atoms with Gasteiger partial charge in [-0.1, -0.05) is 11.6 Å². The number of hydrogen-bond donors (Lipinski definition) is 1. The Labute approximate surface area is 115 Å². The summed E-state index contributed by atoms with van der Waals surface area (Å²) in [6, 6.07) is 1.80. The monoisotopic (exact) mass is 309 g/mol. The molecule has 8 heteroatoms. The molecule has 0 amide bonds. The SMILES string of the molecule is CN(C)CCS(=O)(=O)c1cc(Cl)cc(C(=O)O)c1F. The summed E-state index contributed by atoms with van der Waals surface area (Å²) in [7, 11) is -0.583. The van der Waals surface area contributed by atoms with Gasteiger partial charge in [0.25, 0.3) is 0 Å². The zero-order chi connectivity index (χ0) is 14.8. The van der Waals surface area contributed by atoms with Crippen LogP contribution in [0.4, 0.5) is 4.39 Å². The summed E-state index contributed by atoms with van der Waals surface area (Å²) >= 11 is 5.63. The Kier molecular flexibility index (Phi) is 4.89. The maximum absolute atomic E-state index is 13.9. The fourth-order valence-electron chi connectivity index (χ4n) is 1.36. The fraction of sp³-hybridized carbons (Fsp3) is 0.364. The van der Waals surface area contributed by atoms with Crippen LogP contribution in [-0.2, 0) is 9.84 Å². The average Bonchev–Trinajstić information content (AvgIpc) is 2.28. The number of carbonyl (C=O) groups is 1. The van der Waals surface area contributed by atoms with E-state index in [1.165, 1.54) is 0 Å². The van der Waals surface area contributed by atoms with E-state index < -0.39 is 32.1 Å². The standard InChI is InChI=1S/C11H13ClFNO4S/c1-14(2)3-4-19(17,18)9-6-7(12)5-8(10(9)13)11(15)16/h5-6H,3-4H2,1-2H3,(H,15,16). The summed E-state index contributed by atoms with van der Waals surface area (Å²) in [6.07, 6.45) is 0. The van der Waals surface area contributed by atoms with Gasteiger partial charge in [-0.2, -0.15) is 0 Å². The number of sulfone groups is 1. The molecule has 0 unspecified atom stereocenters. The summed E-state index contributed by atoms with van der Waals surface area (Å²) in [4.78, 5) is 11.8. The first kappa shape index (κ1) is 15.9. The second-order valence-electron chi connectivity index (χ2n) is 4.19. The normalized spacial score (nSPS) is 11.8. The van der Waals surface area contributed by atoms with E-state index in [0.29, 0.717) is 0 Å². The maximum atomic E-state index is 13.9. The highest BCUT2D eigenvalue weighted by molar-refractivity contribution is 7.91. The zero-order valence-electron chi connectivity index (χ0n) is 10.4. The molecular formula is C11H13ClFNO4S. The van der Waals surface area contributed by atoms with Crippen LogP contribution in [0.15, 0.2) is 17.0 Å². The lowest BCUT2D eigenvalue weighted by molar-refractivity contribution is 0.0691. The van der Waals surface area contributed by atoms with Crippen molar-refractivity contribution in [3.63, 3.8) is 0 Å². The van der Waals surface area contributed by atoms with Crippen molar-refractivity contribution in [2.45, 2.75) is 4.90 Å². The Bertz CT molecular complexity index is 601. The van der Waals surface area contributed by atoms with Crippen LogP contribution in [0.2, 0.25) is 5.02 Å². The van der Waals surface area contributed by atoms with Crippen LogP contribution in [0.5, 0.6) is 0 Å². The van der Waals surface area contributed by atoms with Crippen LogP contribution >= 0.6 is 11.6 Å². The number of benzene rings is 1. The molecule has 0 spiro atoms. The number of rotatable bonds is 5. The van der Waals surface area contributed by atoms with E-state index in [-0.39, 0.29) is 17.3 Å². The van der Waals surface area contributed by atoms with Gasteiger partial charge in [0.2, 0.25) is 0 Å². The molecule has 0 heterocycles. The van der Waals surface area contributed by atoms with E-state index in [1.54, 1.807) is 19.0 Å². The Morgan fingerprint density at radius 3 is 2.47 bits per heavy atom. The third-order valence-corrected chi connectivity index (χ3v) is 4.28. The first-order valence-electron chi connectivity index (χ1n) is 5.25. The molecule has 0 aromatic heterocycles. The molecule has 0 radical (unpaired) electrons. The minimum atomic E-state index is -3.93. The van der Waals surface area contributed by atoms with E-state index in [0.717, 1.165) is 12.1 Å². The third kappa shape index (κ3) is 3.89. The lowest BCUT2D eigenvalue weighted by atomic mass is 10.2.